The van der Waals surface area contributed by atoms with E-state index in [2.05, 4.69) is 16.0 Å². The lowest BCUT2D eigenvalue weighted by atomic mass is 9.96. The third-order valence-corrected chi connectivity index (χ3v) is 6.49. The zero-order valence-corrected chi connectivity index (χ0v) is 21.9. The van der Waals surface area contributed by atoms with Crippen molar-refractivity contribution >= 4 is 35.5 Å². The van der Waals surface area contributed by atoms with E-state index in [1.807, 2.05) is 13.2 Å². The molecule has 0 aromatic heterocycles. The Hall–Kier alpha value is -2.83. The molecule has 0 radical (unpaired) electrons. The number of aromatic hydroxyl groups is 1. The number of phenols is 1. The number of amides is 3. The summed E-state index contributed by atoms with van der Waals surface area (Å²) in [6, 6.07) is 1.44. The van der Waals surface area contributed by atoms with Crippen molar-refractivity contribution in [3.05, 3.63) is 29.8 Å². The molecule has 1 aromatic rings. The number of phenolic OH excluding ortho intramolecular Hbond substituents is 1. The number of carboxylic acid groups (broad SMARTS) is 1. The van der Waals surface area contributed by atoms with Gasteiger partial charge in [-0.1, -0.05) is 32.4 Å². The Morgan fingerprint density at radius 2 is 1.56 bits per heavy atom. The molecule has 0 spiro atoms. The summed E-state index contributed by atoms with van der Waals surface area (Å²) in [5, 5.41) is 36.3. The van der Waals surface area contributed by atoms with Crippen LogP contribution in [0.1, 0.15) is 39.2 Å². The number of hydrogen-bond acceptors (Lipinski definition) is 8. The molecule has 0 saturated carbocycles. The molecule has 0 fully saturated rings. The van der Waals surface area contributed by atoms with Gasteiger partial charge in [0.15, 0.2) is 0 Å². The number of thioether (sulfide) groups is 1. The molecule has 8 N–H and O–H groups in total. The maximum Gasteiger partial charge on any atom is 0.326 e. The quantitative estimate of drug-likeness (QED) is 0.165. The number of aliphatic hydroxyl groups excluding tert-OH is 1. The van der Waals surface area contributed by atoms with E-state index in [1.165, 1.54) is 30.8 Å². The predicted octanol–water partition coefficient (Wildman–Crippen LogP) is -0.0190. The number of benzene rings is 1. The minimum atomic E-state index is -1.28. The number of aliphatic hydroxyl groups is 1. The van der Waals surface area contributed by atoms with Gasteiger partial charge in [-0.05, 0) is 49.0 Å². The molecule has 0 bridgehead atoms. The first kappa shape index (κ1) is 31.2. The first-order valence-corrected chi connectivity index (χ1v) is 13.1. The van der Waals surface area contributed by atoms with Gasteiger partial charge in [0, 0.05) is 6.42 Å². The van der Waals surface area contributed by atoms with Crippen LogP contribution in [-0.4, -0.2) is 81.3 Å². The lowest BCUT2D eigenvalue weighted by Gasteiger charge is -2.28. The Labute approximate surface area is 215 Å². The van der Waals surface area contributed by atoms with Crippen molar-refractivity contribution in [1.29, 1.82) is 0 Å². The second kappa shape index (κ2) is 15.3. The van der Waals surface area contributed by atoms with Gasteiger partial charge >= 0.3 is 5.97 Å². The molecule has 0 aliphatic rings. The number of nitrogens with one attached hydrogen (secondary N) is 3. The Morgan fingerprint density at radius 1 is 0.972 bits per heavy atom. The van der Waals surface area contributed by atoms with E-state index in [4.69, 9.17) is 5.73 Å². The number of aliphatic carboxylic acids is 1. The molecule has 0 aliphatic heterocycles. The zero-order valence-electron chi connectivity index (χ0n) is 21.1. The predicted molar refractivity (Wildman–Crippen MR) is 137 cm³/mol. The number of nitrogens with two attached hydrogens (primary N) is 1. The van der Waals surface area contributed by atoms with Crippen molar-refractivity contribution in [3.63, 3.8) is 0 Å². The fourth-order valence-corrected chi connectivity index (χ4v) is 3.75. The standard InChI is InChI=1S/C24H38N4O7S/c1-5-13(2)20(23(33)26-17(24(34)35)10-11-36-4)28-21(31)18(27-22(32)19(25)14(3)29)12-15-6-8-16(30)9-7-15/h6-9,13-14,17-20,29-30H,5,10-12,25H2,1-4H3,(H,26,33)(H,27,32)(H,28,31)(H,34,35). The second-order valence-corrected chi connectivity index (χ2v) is 9.74. The molecular weight excluding hydrogens is 488 g/mol. The number of carboxylic acids is 1. The summed E-state index contributed by atoms with van der Waals surface area (Å²) in [4.78, 5) is 50.4. The van der Waals surface area contributed by atoms with Crippen LogP contribution in [0.2, 0.25) is 0 Å². The number of carbonyl (C=O) groups is 4. The van der Waals surface area contributed by atoms with E-state index in [0.717, 1.165) is 0 Å². The SMILES string of the molecule is CCC(C)C(NC(=O)C(Cc1ccc(O)cc1)NC(=O)C(N)C(C)O)C(=O)NC(CCSC)C(=O)O. The topological polar surface area (TPSA) is 191 Å². The molecule has 1 rings (SSSR count). The largest absolute Gasteiger partial charge is 0.508 e. The maximum atomic E-state index is 13.3. The zero-order chi connectivity index (χ0) is 27.4. The molecule has 11 nitrogen and oxygen atoms in total. The van der Waals surface area contributed by atoms with Crippen LogP contribution >= 0.6 is 11.8 Å². The highest BCUT2D eigenvalue weighted by molar-refractivity contribution is 7.98. The van der Waals surface area contributed by atoms with Gasteiger partial charge in [0.25, 0.3) is 0 Å². The van der Waals surface area contributed by atoms with Crippen LogP contribution in [0, 0.1) is 5.92 Å². The molecule has 12 heteroatoms. The van der Waals surface area contributed by atoms with Crippen LogP contribution in [0.4, 0.5) is 0 Å². The monoisotopic (exact) mass is 526 g/mol. The highest BCUT2D eigenvalue weighted by Gasteiger charge is 2.33. The smallest absolute Gasteiger partial charge is 0.326 e. The molecule has 36 heavy (non-hydrogen) atoms. The summed E-state index contributed by atoms with van der Waals surface area (Å²) in [7, 11) is 0. The average Bonchev–Trinajstić information content (AvgIpc) is 2.84. The first-order chi connectivity index (χ1) is 16.9. The van der Waals surface area contributed by atoms with Crippen LogP contribution < -0.4 is 21.7 Å². The van der Waals surface area contributed by atoms with Crippen LogP contribution in [0.25, 0.3) is 0 Å². The van der Waals surface area contributed by atoms with Crippen molar-refractivity contribution in [3.8, 4) is 5.75 Å². The molecular formula is C24H38N4O7S. The van der Waals surface area contributed by atoms with Crippen molar-refractivity contribution in [2.24, 2.45) is 11.7 Å². The van der Waals surface area contributed by atoms with Crippen molar-refractivity contribution in [2.45, 2.75) is 70.3 Å². The first-order valence-electron chi connectivity index (χ1n) is 11.8. The number of carbonyl (C=O) groups excluding carboxylic acids is 3. The van der Waals surface area contributed by atoms with E-state index in [-0.39, 0.29) is 24.5 Å². The third kappa shape index (κ3) is 10.0. The molecule has 3 amide bonds. The number of rotatable bonds is 15. The maximum absolute atomic E-state index is 13.3. The normalized spacial score (nSPS) is 16.1. The Balaban J connectivity index is 3.14. The van der Waals surface area contributed by atoms with E-state index in [0.29, 0.717) is 17.7 Å². The Bertz CT molecular complexity index is 882. The average molecular weight is 527 g/mol. The highest BCUT2D eigenvalue weighted by atomic mass is 32.2. The second-order valence-electron chi connectivity index (χ2n) is 8.75. The molecule has 0 aliphatic carbocycles. The van der Waals surface area contributed by atoms with Crippen LogP contribution in [0.5, 0.6) is 5.75 Å². The summed E-state index contributed by atoms with van der Waals surface area (Å²) >= 11 is 1.45. The van der Waals surface area contributed by atoms with E-state index in [1.54, 1.807) is 19.1 Å². The summed E-state index contributed by atoms with van der Waals surface area (Å²) < 4.78 is 0. The van der Waals surface area contributed by atoms with E-state index in [9.17, 15) is 34.5 Å². The molecule has 6 unspecified atom stereocenters. The number of hydrogen-bond donors (Lipinski definition) is 7. The summed E-state index contributed by atoms with van der Waals surface area (Å²) in [6.07, 6.45) is 1.43. The van der Waals surface area contributed by atoms with Crippen LogP contribution in [-0.2, 0) is 25.6 Å². The van der Waals surface area contributed by atoms with Gasteiger partial charge in [-0.2, -0.15) is 11.8 Å². The van der Waals surface area contributed by atoms with E-state index >= 15 is 0 Å². The molecule has 6 atom stereocenters. The third-order valence-electron chi connectivity index (χ3n) is 5.85. The molecule has 202 valence electrons. The fourth-order valence-electron chi connectivity index (χ4n) is 3.27. The summed E-state index contributed by atoms with van der Waals surface area (Å²) in [5.41, 5.74) is 6.33. The van der Waals surface area contributed by atoms with Crippen LogP contribution in [0.3, 0.4) is 0 Å². The van der Waals surface area contributed by atoms with Crippen molar-refractivity contribution in [1.82, 2.24) is 16.0 Å². The van der Waals surface area contributed by atoms with Gasteiger partial charge in [-0.3, -0.25) is 14.4 Å². The van der Waals surface area contributed by atoms with Gasteiger partial charge in [0.1, 0.15) is 29.9 Å². The van der Waals surface area contributed by atoms with Crippen molar-refractivity contribution in [2.75, 3.05) is 12.0 Å². The molecule has 0 saturated heterocycles. The lowest BCUT2D eigenvalue weighted by molar-refractivity contribution is -0.142. The van der Waals surface area contributed by atoms with Crippen molar-refractivity contribution < 1.29 is 34.5 Å². The lowest BCUT2D eigenvalue weighted by Crippen LogP contribution is -2.59. The Kier molecular flexibility index (Phi) is 13.3. The fraction of sp³-hybridized carbons (Fsp3) is 0.583. The minimum Gasteiger partial charge on any atom is -0.508 e. The summed E-state index contributed by atoms with van der Waals surface area (Å²) in [6.45, 7) is 4.93. The minimum absolute atomic E-state index is 0.0186. The van der Waals surface area contributed by atoms with E-state index < -0.39 is 54.0 Å². The Morgan fingerprint density at radius 3 is 2.06 bits per heavy atom. The molecule has 1 aromatic carbocycles. The van der Waals surface area contributed by atoms with Gasteiger partial charge < -0.3 is 37.0 Å². The highest BCUT2D eigenvalue weighted by Crippen LogP contribution is 2.14. The summed E-state index contributed by atoms with van der Waals surface area (Å²) in [5.74, 6) is -3.02. The van der Waals surface area contributed by atoms with Gasteiger partial charge in [0.05, 0.1) is 6.10 Å². The van der Waals surface area contributed by atoms with Crippen LogP contribution in [0.15, 0.2) is 24.3 Å². The van der Waals surface area contributed by atoms with Gasteiger partial charge in [0.2, 0.25) is 17.7 Å². The van der Waals surface area contributed by atoms with Gasteiger partial charge in [-0.25, -0.2) is 4.79 Å². The van der Waals surface area contributed by atoms with Gasteiger partial charge in [-0.15, -0.1) is 0 Å². The molecule has 0 heterocycles.